The fourth-order valence-electron chi connectivity index (χ4n) is 5.99. The highest BCUT2D eigenvalue weighted by Gasteiger charge is 2.43. The van der Waals surface area contributed by atoms with Crippen molar-refractivity contribution >= 4 is 40.2 Å². The molecule has 0 bridgehead atoms. The monoisotopic (exact) mass is 457 g/mol. The molecule has 0 fully saturated rings. The van der Waals surface area contributed by atoms with Crippen LogP contribution in [0.3, 0.4) is 0 Å². The molecule has 174 valence electrons. The molecule has 0 saturated heterocycles. The van der Waals surface area contributed by atoms with Crippen LogP contribution >= 0.6 is 0 Å². The highest BCUT2D eigenvalue weighted by Crippen LogP contribution is 2.43. The molecule has 0 aromatic heterocycles. The van der Waals surface area contributed by atoms with Crippen LogP contribution in [0.15, 0.2) is 66.7 Å². The molecule has 0 atom stereocenters. The van der Waals surface area contributed by atoms with E-state index in [0.29, 0.717) is 0 Å². The van der Waals surface area contributed by atoms with Crippen molar-refractivity contribution in [2.45, 2.75) is 53.9 Å². The third-order valence-corrected chi connectivity index (χ3v) is 7.47. The highest BCUT2D eigenvalue weighted by atomic mass is 16.5. The van der Waals surface area contributed by atoms with E-state index in [9.17, 15) is 0 Å². The van der Waals surface area contributed by atoms with Gasteiger partial charge in [-0.2, -0.15) is 0 Å². The smallest absolute Gasteiger partial charge is 0.256 e. The summed E-state index contributed by atoms with van der Waals surface area (Å²) in [5.74, 6) is 1.95. The number of hydrogen-bond donors (Lipinski definition) is 0. The molecule has 0 N–H and O–H groups in total. The quantitative estimate of drug-likeness (QED) is 0.257. The predicted molar refractivity (Wildman–Crippen MR) is 150 cm³/mol. The Hall–Kier alpha value is -3.46. The molecular weight excluding hydrogens is 425 g/mol. The Labute approximate surface area is 209 Å². The Morgan fingerprint density at radius 2 is 1.34 bits per heavy atom. The van der Waals surface area contributed by atoms with Crippen molar-refractivity contribution in [1.82, 2.24) is 0 Å². The third kappa shape index (κ3) is 3.40. The molecule has 0 amide bonds. The average Bonchev–Trinajstić information content (AvgIpc) is 2.77. The number of anilines is 3. The van der Waals surface area contributed by atoms with Gasteiger partial charge in [-0.1, -0.05) is 56.7 Å². The number of hydrogen-bond acceptors (Lipinski definition) is 2. The van der Waals surface area contributed by atoms with Gasteiger partial charge < -0.3 is 9.64 Å². The molecule has 2 nitrogen and oxygen atoms in total. The van der Waals surface area contributed by atoms with Gasteiger partial charge in [-0.25, -0.2) is 0 Å². The minimum Gasteiger partial charge on any atom is -0.458 e. The molecule has 3 heteroatoms. The van der Waals surface area contributed by atoms with Crippen LogP contribution in [-0.4, -0.2) is 6.71 Å². The Morgan fingerprint density at radius 1 is 0.686 bits per heavy atom. The number of para-hydroxylation sites is 1. The van der Waals surface area contributed by atoms with Crippen molar-refractivity contribution < 1.29 is 4.74 Å². The first-order chi connectivity index (χ1) is 16.6. The van der Waals surface area contributed by atoms with E-state index in [4.69, 9.17) is 4.74 Å². The Bertz CT molecular complexity index is 1490. The molecule has 4 aromatic rings. The predicted octanol–water partition coefficient (Wildman–Crippen LogP) is 6.62. The van der Waals surface area contributed by atoms with E-state index < -0.39 is 0 Å². The second kappa shape index (κ2) is 7.52. The number of aryl methyl sites for hydroxylation is 4. The second-order valence-corrected chi connectivity index (χ2v) is 11.4. The maximum atomic E-state index is 6.64. The summed E-state index contributed by atoms with van der Waals surface area (Å²) in [7, 11) is 0. The minimum atomic E-state index is -0.00165. The van der Waals surface area contributed by atoms with Gasteiger partial charge in [0.1, 0.15) is 11.5 Å². The molecule has 35 heavy (non-hydrogen) atoms. The highest BCUT2D eigenvalue weighted by molar-refractivity contribution is 6.99. The van der Waals surface area contributed by atoms with Crippen molar-refractivity contribution in [1.29, 1.82) is 0 Å². The van der Waals surface area contributed by atoms with Gasteiger partial charge in [0.2, 0.25) is 0 Å². The van der Waals surface area contributed by atoms with Gasteiger partial charge in [-0.15, -0.1) is 0 Å². The first-order valence-electron chi connectivity index (χ1n) is 12.6. The molecule has 0 unspecified atom stereocenters. The van der Waals surface area contributed by atoms with E-state index in [1.54, 1.807) is 0 Å². The topological polar surface area (TPSA) is 12.5 Å². The zero-order chi connectivity index (χ0) is 24.6. The summed E-state index contributed by atoms with van der Waals surface area (Å²) >= 11 is 0. The van der Waals surface area contributed by atoms with Crippen LogP contribution in [0.25, 0.3) is 0 Å². The zero-order valence-corrected chi connectivity index (χ0v) is 21.8. The van der Waals surface area contributed by atoms with Crippen molar-refractivity contribution in [2.75, 3.05) is 4.90 Å². The molecule has 6 rings (SSSR count). The number of rotatable bonds is 1. The number of nitrogens with zero attached hydrogens (tertiary/aromatic N) is 1. The van der Waals surface area contributed by atoms with Gasteiger partial charge in [-0.3, -0.25) is 0 Å². The van der Waals surface area contributed by atoms with Crippen molar-refractivity contribution in [3.63, 3.8) is 0 Å². The summed E-state index contributed by atoms with van der Waals surface area (Å²) in [4.78, 5) is 2.48. The summed E-state index contributed by atoms with van der Waals surface area (Å²) in [6.07, 6.45) is 0. The van der Waals surface area contributed by atoms with Crippen molar-refractivity contribution in [3.8, 4) is 11.5 Å². The summed E-state index contributed by atoms with van der Waals surface area (Å²) < 4.78 is 6.64. The van der Waals surface area contributed by atoms with E-state index in [-0.39, 0.29) is 12.1 Å². The number of ether oxygens (including phenoxy) is 1. The van der Waals surface area contributed by atoms with Gasteiger partial charge in [-0.05, 0) is 108 Å². The normalized spacial score (nSPS) is 13.7. The Balaban J connectivity index is 1.76. The first kappa shape index (κ1) is 22.0. The van der Waals surface area contributed by atoms with E-state index >= 15 is 0 Å². The molecule has 2 aliphatic rings. The van der Waals surface area contributed by atoms with Crippen LogP contribution in [0, 0.1) is 27.7 Å². The molecule has 0 radical (unpaired) electrons. The molecule has 2 aliphatic heterocycles. The fraction of sp³-hybridized carbons (Fsp3) is 0.250. The summed E-state index contributed by atoms with van der Waals surface area (Å²) in [6, 6.07) is 24.8. The maximum absolute atomic E-state index is 6.64. The third-order valence-electron chi connectivity index (χ3n) is 7.47. The SMILES string of the molecule is Cc1cc(C)cc(N2c3cc(C)cc(C)c3B3c4ccccc4Oc4cc(C(C)(C)C)cc2c43)c1. The van der Waals surface area contributed by atoms with Crippen LogP contribution in [0.1, 0.15) is 48.6 Å². The van der Waals surface area contributed by atoms with Gasteiger partial charge in [0.05, 0.1) is 0 Å². The summed E-state index contributed by atoms with van der Waals surface area (Å²) in [5.41, 5.74) is 14.1. The zero-order valence-electron chi connectivity index (χ0n) is 21.8. The van der Waals surface area contributed by atoms with Crippen LogP contribution in [-0.2, 0) is 5.41 Å². The van der Waals surface area contributed by atoms with Crippen molar-refractivity contribution in [3.05, 3.63) is 94.5 Å². The maximum Gasteiger partial charge on any atom is 0.256 e. The molecule has 2 heterocycles. The van der Waals surface area contributed by atoms with Gasteiger partial charge in [0.25, 0.3) is 6.71 Å². The van der Waals surface area contributed by atoms with E-state index in [0.717, 1.165) is 11.5 Å². The molecular formula is C32H32BNO. The number of fused-ring (bicyclic) bond motifs is 4. The Morgan fingerprint density at radius 3 is 2.06 bits per heavy atom. The van der Waals surface area contributed by atoms with Gasteiger partial charge in [0, 0.05) is 17.1 Å². The van der Waals surface area contributed by atoms with Crippen LogP contribution < -0.4 is 26.0 Å². The molecule has 4 aromatic carbocycles. The first-order valence-corrected chi connectivity index (χ1v) is 12.6. The second-order valence-electron chi connectivity index (χ2n) is 11.4. The summed E-state index contributed by atoms with van der Waals surface area (Å²) in [6.45, 7) is 15.8. The molecule has 0 saturated carbocycles. The average molecular weight is 457 g/mol. The van der Waals surface area contributed by atoms with Crippen LogP contribution in [0.2, 0.25) is 0 Å². The lowest BCUT2D eigenvalue weighted by molar-refractivity contribution is 0.483. The van der Waals surface area contributed by atoms with Gasteiger partial charge in [0.15, 0.2) is 0 Å². The van der Waals surface area contributed by atoms with E-state index in [1.807, 2.05) is 0 Å². The van der Waals surface area contributed by atoms with E-state index in [1.165, 1.54) is 61.3 Å². The fourth-order valence-corrected chi connectivity index (χ4v) is 5.99. The van der Waals surface area contributed by atoms with Crippen molar-refractivity contribution in [2.24, 2.45) is 0 Å². The minimum absolute atomic E-state index is 0.00165. The lowest BCUT2D eigenvalue weighted by atomic mass is 9.33. The molecule has 0 aliphatic carbocycles. The lowest BCUT2D eigenvalue weighted by Crippen LogP contribution is -2.60. The molecule has 0 spiro atoms. The largest absolute Gasteiger partial charge is 0.458 e. The summed E-state index contributed by atoms with van der Waals surface area (Å²) in [5, 5.41) is 0. The lowest BCUT2D eigenvalue weighted by Gasteiger charge is -2.42. The number of benzene rings is 4. The van der Waals surface area contributed by atoms with Gasteiger partial charge >= 0.3 is 0 Å². The van der Waals surface area contributed by atoms with Crippen LogP contribution in [0.4, 0.5) is 17.1 Å². The van der Waals surface area contributed by atoms with E-state index in [2.05, 4.69) is 120 Å². The Kier molecular flexibility index (Phi) is 4.73. The standard InChI is InChI=1S/C32H32BNO/c1-19-12-20(2)15-24(14-19)34-26-16-21(3)13-22(4)30(26)33-25-10-8-9-11-28(25)35-29-18-23(32(5,6)7)17-27(34)31(29)33/h8-18H,1-7H3. The van der Waals surface area contributed by atoms with Crippen LogP contribution in [0.5, 0.6) is 11.5 Å².